The van der Waals surface area contributed by atoms with Crippen molar-refractivity contribution in [3.05, 3.63) is 17.7 Å². The van der Waals surface area contributed by atoms with Gasteiger partial charge in [-0.15, -0.1) is 0 Å². The van der Waals surface area contributed by atoms with E-state index in [-0.39, 0.29) is 18.3 Å². The van der Waals surface area contributed by atoms with Crippen molar-refractivity contribution in [1.82, 2.24) is 9.88 Å². The minimum absolute atomic E-state index is 0.254. The first kappa shape index (κ1) is 13.6. The Balaban J connectivity index is 2.55. The summed E-state index contributed by atoms with van der Waals surface area (Å²) >= 11 is 0. The van der Waals surface area contributed by atoms with E-state index in [1.165, 1.54) is 0 Å². The lowest BCUT2D eigenvalue weighted by atomic mass is 10.4. The van der Waals surface area contributed by atoms with Crippen LogP contribution in [0.15, 0.2) is 6.07 Å². The number of nitrogens with zero attached hydrogens (tertiary/aromatic N) is 2. The number of rotatable bonds is 6. The van der Waals surface area contributed by atoms with E-state index in [1.807, 2.05) is 13.8 Å². The van der Waals surface area contributed by atoms with Crippen LogP contribution in [0.4, 0.5) is 14.6 Å². The van der Waals surface area contributed by atoms with Crippen LogP contribution in [0.25, 0.3) is 0 Å². The predicted octanol–water partition coefficient (Wildman–Crippen LogP) is 1.66. The molecule has 17 heavy (non-hydrogen) atoms. The van der Waals surface area contributed by atoms with E-state index in [4.69, 9.17) is 10.5 Å². The quantitative estimate of drug-likeness (QED) is 0.828. The largest absolute Gasteiger partial charge is 0.474 e. The van der Waals surface area contributed by atoms with Crippen molar-refractivity contribution in [2.24, 2.45) is 0 Å². The van der Waals surface area contributed by atoms with Crippen LogP contribution in [0.5, 0.6) is 5.88 Å². The zero-order valence-corrected chi connectivity index (χ0v) is 10.0. The number of pyridine rings is 1. The molecule has 0 spiro atoms. The van der Waals surface area contributed by atoms with Gasteiger partial charge in [0.2, 0.25) is 0 Å². The monoisotopic (exact) mass is 245 g/mol. The lowest BCUT2D eigenvalue weighted by molar-refractivity contribution is 0.211. The van der Waals surface area contributed by atoms with Crippen LogP contribution in [0.3, 0.4) is 0 Å². The summed E-state index contributed by atoms with van der Waals surface area (Å²) in [6, 6.07) is 0.676. The summed E-state index contributed by atoms with van der Waals surface area (Å²) in [5.41, 5.74) is 5.23. The Hall–Kier alpha value is -1.43. The summed E-state index contributed by atoms with van der Waals surface area (Å²) in [5.74, 6) is -2.32. The van der Waals surface area contributed by atoms with E-state index in [0.717, 1.165) is 13.1 Å². The molecule has 1 aromatic rings. The molecule has 1 rings (SSSR count). The molecule has 1 heterocycles. The third-order valence-corrected chi connectivity index (χ3v) is 2.47. The molecule has 2 N–H and O–H groups in total. The number of likely N-dealkylation sites (N-methyl/N-ethyl adjacent to an activating group) is 1. The van der Waals surface area contributed by atoms with Crippen LogP contribution in [0.2, 0.25) is 0 Å². The summed E-state index contributed by atoms with van der Waals surface area (Å²) < 4.78 is 31.2. The molecule has 0 aliphatic rings. The molecule has 0 fully saturated rings. The smallest absolute Gasteiger partial charge is 0.252 e. The first-order chi connectivity index (χ1) is 8.08. The molecule has 0 atom stereocenters. The van der Waals surface area contributed by atoms with Crippen molar-refractivity contribution < 1.29 is 13.5 Å². The fraction of sp³-hybridized carbons (Fsp3) is 0.545. The third-order valence-electron chi connectivity index (χ3n) is 2.47. The number of anilines is 1. The molecule has 96 valence electrons. The van der Waals surface area contributed by atoms with Crippen LogP contribution >= 0.6 is 0 Å². The van der Waals surface area contributed by atoms with Gasteiger partial charge in [0.15, 0.2) is 17.5 Å². The van der Waals surface area contributed by atoms with E-state index >= 15 is 0 Å². The molecule has 0 amide bonds. The zero-order chi connectivity index (χ0) is 12.8. The molecule has 0 saturated heterocycles. The van der Waals surface area contributed by atoms with Gasteiger partial charge in [-0.3, -0.25) is 0 Å². The number of aromatic nitrogens is 1. The number of ether oxygens (including phenoxy) is 1. The molecule has 0 aliphatic carbocycles. The zero-order valence-electron chi connectivity index (χ0n) is 10.0. The molecule has 0 unspecified atom stereocenters. The molecule has 4 nitrogen and oxygen atoms in total. The van der Waals surface area contributed by atoms with Gasteiger partial charge in [-0.2, -0.15) is 4.98 Å². The van der Waals surface area contributed by atoms with E-state index in [2.05, 4.69) is 9.88 Å². The highest BCUT2D eigenvalue weighted by atomic mass is 19.1. The van der Waals surface area contributed by atoms with Crippen molar-refractivity contribution >= 4 is 5.82 Å². The van der Waals surface area contributed by atoms with Gasteiger partial charge in [0, 0.05) is 12.6 Å². The second-order valence-corrected chi connectivity index (χ2v) is 3.52. The maximum absolute atomic E-state index is 13.2. The SMILES string of the molecule is CCN(CC)CCOc1nc(N)c(F)cc1F. The second-order valence-electron chi connectivity index (χ2n) is 3.52. The Morgan fingerprint density at radius 1 is 1.29 bits per heavy atom. The first-order valence-corrected chi connectivity index (χ1v) is 5.55. The topological polar surface area (TPSA) is 51.4 Å². The lowest BCUT2D eigenvalue weighted by Gasteiger charge is -2.17. The Morgan fingerprint density at radius 2 is 1.94 bits per heavy atom. The fourth-order valence-corrected chi connectivity index (χ4v) is 1.38. The van der Waals surface area contributed by atoms with Gasteiger partial charge in [-0.25, -0.2) is 8.78 Å². The van der Waals surface area contributed by atoms with Gasteiger partial charge in [-0.1, -0.05) is 13.8 Å². The van der Waals surface area contributed by atoms with E-state index < -0.39 is 11.6 Å². The number of nitrogens with two attached hydrogens (primary N) is 1. The minimum Gasteiger partial charge on any atom is -0.474 e. The van der Waals surface area contributed by atoms with E-state index in [0.29, 0.717) is 12.6 Å². The Morgan fingerprint density at radius 3 is 2.53 bits per heavy atom. The van der Waals surface area contributed by atoms with Crippen LogP contribution in [0, 0.1) is 11.6 Å². The average Bonchev–Trinajstić information content (AvgIpc) is 2.31. The number of nitrogen functional groups attached to an aromatic ring is 1. The van der Waals surface area contributed by atoms with Gasteiger partial charge in [0.1, 0.15) is 6.61 Å². The highest BCUT2D eigenvalue weighted by molar-refractivity contribution is 5.34. The molecule has 0 bridgehead atoms. The maximum Gasteiger partial charge on any atom is 0.252 e. The molecule has 6 heteroatoms. The van der Waals surface area contributed by atoms with Crippen molar-refractivity contribution in [3.63, 3.8) is 0 Å². The summed E-state index contributed by atoms with van der Waals surface area (Å²) in [6.07, 6.45) is 0. The van der Waals surface area contributed by atoms with Crippen LogP contribution in [-0.4, -0.2) is 36.1 Å². The summed E-state index contributed by atoms with van der Waals surface area (Å²) in [7, 11) is 0. The van der Waals surface area contributed by atoms with Crippen LogP contribution in [0.1, 0.15) is 13.8 Å². The first-order valence-electron chi connectivity index (χ1n) is 5.55. The highest BCUT2D eigenvalue weighted by Crippen LogP contribution is 2.18. The maximum atomic E-state index is 13.2. The molecular weight excluding hydrogens is 228 g/mol. The van der Waals surface area contributed by atoms with Crippen molar-refractivity contribution in [1.29, 1.82) is 0 Å². The van der Waals surface area contributed by atoms with Gasteiger partial charge in [0.05, 0.1) is 0 Å². The minimum atomic E-state index is -0.876. The second kappa shape index (κ2) is 6.34. The molecule has 0 radical (unpaired) electrons. The van der Waals surface area contributed by atoms with Gasteiger partial charge >= 0.3 is 0 Å². The van der Waals surface area contributed by atoms with Gasteiger partial charge < -0.3 is 15.4 Å². The Kier molecular flexibility index (Phi) is 5.09. The third kappa shape index (κ3) is 3.81. The molecule has 0 aliphatic heterocycles. The summed E-state index contributed by atoms with van der Waals surface area (Å²) in [5, 5.41) is 0. The highest BCUT2D eigenvalue weighted by Gasteiger charge is 2.11. The molecule has 0 aromatic carbocycles. The van der Waals surface area contributed by atoms with Crippen LogP contribution in [-0.2, 0) is 0 Å². The fourth-order valence-electron chi connectivity index (χ4n) is 1.38. The van der Waals surface area contributed by atoms with E-state index in [9.17, 15) is 8.78 Å². The average molecular weight is 245 g/mol. The standard InChI is InChI=1S/C11H17F2N3O/c1-3-16(4-2)5-6-17-11-9(13)7-8(12)10(14)15-11/h7H,3-6H2,1-2H3,(H2,14,15). The number of hydrogen-bond acceptors (Lipinski definition) is 4. The summed E-state index contributed by atoms with van der Waals surface area (Å²) in [6.45, 7) is 6.78. The lowest BCUT2D eigenvalue weighted by Crippen LogP contribution is -2.28. The van der Waals surface area contributed by atoms with Gasteiger partial charge in [0.25, 0.3) is 5.88 Å². The molecule has 0 saturated carbocycles. The normalized spacial score (nSPS) is 10.9. The van der Waals surface area contributed by atoms with Crippen molar-refractivity contribution in [2.75, 3.05) is 32.0 Å². The van der Waals surface area contributed by atoms with Crippen molar-refractivity contribution in [3.8, 4) is 5.88 Å². The number of halogens is 2. The Labute approximate surface area is 99.4 Å². The Bertz CT molecular complexity index is 370. The number of hydrogen-bond donors (Lipinski definition) is 1. The summed E-state index contributed by atoms with van der Waals surface area (Å²) in [4.78, 5) is 5.62. The van der Waals surface area contributed by atoms with Crippen LogP contribution < -0.4 is 10.5 Å². The van der Waals surface area contributed by atoms with Gasteiger partial charge in [-0.05, 0) is 13.1 Å². The van der Waals surface area contributed by atoms with E-state index in [1.54, 1.807) is 0 Å². The molecule has 1 aromatic heterocycles. The molecular formula is C11H17F2N3O. The predicted molar refractivity (Wildman–Crippen MR) is 61.8 cm³/mol. The van der Waals surface area contributed by atoms with Crippen molar-refractivity contribution in [2.45, 2.75) is 13.8 Å².